The summed E-state index contributed by atoms with van der Waals surface area (Å²) in [6, 6.07) is 12.1. The molecule has 3 rings (SSSR count). The topological polar surface area (TPSA) is 37.4 Å². The van der Waals surface area contributed by atoms with E-state index in [0.29, 0.717) is 11.1 Å². The van der Waals surface area contributed by atoms with E-state index >= 15 is 0 Å². The van der Waals surface area contributed by atoms with Crippen LogP contribution in [0.1, 0.15) is 16.7 Å². The van der Waals surface area contributed by atoms with Gasteiger partial charge in [-0.05, 0) is 23.1 Å². The molecule has 0 saturated carbocycles. The molecule has 0 radical (unpaired) electrons. The van der Waals surface area contributed by atoms with Crippen molar-refractivity contribution in [1.29, 1.82) is 0 Å². The smallest absolute Gasteiger partial charge is 0.206 e. The number of rotatable bonds is 6. The van der Waals surface area contributed by atoms with E-state index in [2.05, 4.69) is 0 Å². The maximum Gasteiger partial charge on any atom is 0.460 e. The minimum Gasteiger partial charge on any atom is -0.206 e. The highest BCUT2D eigenvalue weighted by Crippen LogP contribution is 2.55. The molecule has 3 nitrogen and oxygen atoms in total. The molecule has 1 atom stereocenters. The van der Waals surface area contributed by atoms with Gasteiger partial charge in [-0.3, -0.25) is 0 Å². The normalized spacial score (nSPS) is 18.8. The van der Waals surface area contributed by atoms with E-state index in [4.69, 9.17) is 0 Å². The Morgan fingerprint density at radius 1 is 0.765 bits per heavy atom. The lowest BCUT2D eigenvalue weighted by atomic mass is 9.95. The monoisotopic (exact) mass is 517 g/mol. The van der Waals surface area contributed by atoms with Gasteiger partial charge < -0.3 is 0 Å². The van der Waals surface area contributed by atoms with Crippen molar-refractivity contribution in [2.75, 3.05) is 0 Å². The standard InChI is InChI=1S/C21H16F9NO2S/c22-18(23,20(26,27)28)19(24,25)21(29,30)34(32,33)31-13-16-9-5-4-8-15(16)12-17(31)11-10-14-6-2-1-3-7-14/h1-11,17H,12-13H2/b11-10+/t17-/m0/s1. The number of fused-ring (bicyclic) bond motifs is 1. The fourth-order valence-corrected chi connectivity index (χ4v) is 4.96. The molecule has 34 heavy (non-hydrogen) atoms. The van der Waals surface area contributed by atoms with Gasteiger partial charge in [0.2, 0.25) is 0 Å². The Morgan fingerprint density at radius 3 is 1.85 bits per heavy atom. The molecule has 0 bridgehead atoms. The van der Waals surface area contributed by atoms with Crippen LogP contribution in [0.2, 0.25) is 0 Å². The molecule has 13 heteroatoms. The molecule has 2 aromatic carbocycles. The molecule has 0 aromatic heterocycles. The van der Waals surface area contributed by atoms with Gasteiger partial charge in [-0.1, -0.05) is 66.7 Å². The van der Waals surface area contributed by atoms with Crippen molar-refractivity contribution < 1.29 is 47.9 Å². The molecule has 0 saturated heterocycles. The molecule has 186 valence electrons. The van der Waals surface area contributed by atoms with Crippen molar-refractivity contribution in [3.05, 3.63) is 77.4 Å². The van der Waals surface area contributed by atoms with Crippen molar-refractivity contribution in [3.8, 4) is 0 Å². The summed E-state index contributed by atoms with van der Waals surface area (Å²) in [5.41, 5.74) is 1.05. The SMILES string of the molecule is O=S(=O)(N1Cc2ccccc2C[C@@H]1/C=C/c1ccccc1)C(F)(F)C(F)(F)C(F)(F)C(F)(F)F. The highest BCUT2D eigenvalue weighted by Gasteiger charge is 2.86. The van der Waals surface area contributed by atoms with Crippen molar-refractivity contribution >= 4 is 16.1 Å². The van der Waals surface area contributed by atoms with Crippen LogP contribution in [0.3, 0.4) is 0 Å². The molecule has 1 heterocycles. The minimum absolute atomic E-state index is 0.108. The van der Waals surface area contributed by atoms with Crippen LogP contribution in [0.4, 0.5) is 39.5 Å². The molecule has 0 amide bonds. The van der Waals surface area contributed by atoms with Crippen molar-refractivity contribution in [3.63, 3.8) is 0 Å². The van der Waals surface area contributed by atoms with Gasteiger partial charge in [0.15, 0.2) is 0 Å². The lowest BCUT2D eigenvalue weighted by Crippen LogP contribution is -2.66. The van der Waals surface area contributed by atoms with E-state index in [9.17, 15) is 47.9 Å². The average Bonchev–Trinajstić information content (AvgIpc) is 2.76. The molecular formula is C21H16F9NO2S. The van der Waals surface area contributed by atoms with E-state index in [1.165, 1.54) is 24.3 Å². The van der Waals surface area contributed by atoms with Crippen LogP contribution in [-0.2, 0) is 23.0 Å². The van der Waals surface area contributed by atoms with Crippen molar-refractivity contribution in [1.82, 2.24) is 4.31 Å². The van der Waals surface area contributed by atoms with Crippen LogP contribution in [-0.4, -0.2) is 42.0 Å². The largest absolute Gasteiger partial charge is 0.460 e. The van der Waals surface area contributed by atoms with Gasteiger partial charge >= 0.3 is 23.3 Å². The summed E-state index contributed by atoms with van der Waals surface area (Å²) in [4.78, 5) is 0. The molecule has 1 aliphatic rings. The number of hydrogen-bond donors (Lipinski definition) is 0. The molecule has 0 aliphatic carbocycles. The van der Waals surface area contributed by atoms with Gasteiger partial charge in [-0.15, -0.1) is 0 Å². The second-order valence-electron chi connectivity index (χ2n) is 7.52. The van der Waals surface area contributed by atoms with Crippen LogP contribution in [0, 0.1) is 0 Å². The van der Waals surface area contributed by atoms with Crippen molar-refractivity contribution in [2.24, 2.45) is 0 Å². The van der Waals surface area contributed by atoms with Crippen LogP contribution >= 0.6 is 0 Å². The second-order valence-corrected chi connectivity index (χ2v) is 9.46. The lowest BCUT2D eigenvalue weighted by Gasteiger charge is -2.39. The zero-order valence-electron chi connectivity index (χ0n) is 16.9. The predicted octanol–water partition coefficient (Wildman–Crippen LogP) is 5.88. The van der Waals surface area contributed by atoms with Gasteiger partial charge in [0.25, 0.3) is 10.0 Å². The maximum absolute atomic E-state index is 14.5. The third-order valence-electron chi connectivity index (χ3n) is 5.30. The van der Waals surface area contributed by atoms with Crippen LogP contribution < -0.4 is 0 Å². The van der Waals surface area contributed by atoms with E-state index in [1.807, 2.05) is 0 Å². The summed E-state index contributed by atoms with van der Waals surface area (Å²) >= 11 is 0. The zero-order chi connectivity index (χ0) is 25.6. The first-order valence-electron chi connectivity index (χ1n) is 9.55. The summed E-state index contributed by atoms with van der Waals surface area (Å²) in [5.74, 6) is -14.6. The summed E-state index contributed by atoms with van der Waals surface area (Å²) in [6.07, 6.45) is -5.06. The average molecular weight is 517 g/mol. The number of hydrogen-bond acceptors (Lipinski definition) is 2. The second kappa shape index (κ2) is 8.59. The first kappa shape index (κ1) is 26.1. The Kier molecular flexibility index (Phi) is 6.59. The Balaban J connectivity index is 2.09. The molecule has 2 aromatic rings. The van der Waals surface area contributed by atoms with Crippen LogP contribution in [0.15, 0.2) is 60.7 Å². The third-order valence-corrected chi connectivity index (χ3v) is 7.22. The van der Waals surface area contributed by atoms with Gasteiger partial charge in [0.05, 0.1) is 0 Å². The summed E-state index contributed by atoms with van der Waals surface area (Å²) in [5, 5.41) is -6.79. The maximum atomic E-state index is 14.5. The fraction of sp³-hybridized carbons (Fsp3) is 0.333. The fourth-order valence-electron chi connectivity index (χ4n) is 3.41. The Bertz CT molecular complexity index is 1160. The Hall–Kier alpha value is -2.54. The molecule has 0 N–H and O–H groups in total. The highest BCUT2D eigenvalue weighted by atomic mass is 32.2. The van der Waals surface area contributed by atoms with Gasteiger partial charge in [-0.2, -0.15) is 43.8 Å². The summed E-state index contributed by atoms with van der Waals surface area (Å²) in [6.45, 7) is -0.939. The summed E-state index contributed by atoms with van der Waals surface area (Å²) in [7, 11) is -6.74. The molecule has 0 unspecified atom stereocenters. The van der Waals surface area contributed by atoms with E-state index in [0.717, 1.165) is 6.08 Å². The van der Waals surface area contributed by atoms with E-state index < -0.39 is 45.9 Å². The lowest BCUT2D eigenvalue weighted by molar-refractivity contribution is -0.382. The minimum atomic E-state index is -7.32. The Morgan fingerprint density at radius 2 is 1.29 bits per heavy atom. The highest BCUT2D eigenvalue weighted by molar-refractivity contribution is 7.90. The summed E-state index contributed by atoms with van der Waals surface area (Å²) < 4.78 is 146. The van der Waals surface area contributed by atoms with Gasteiger partial charge in [0.1, 0.15) is 0 Å². The first-order chi connectivity index (χ1) is 15.5. The number of halogens is 9. The predicted molar refractivity (Wildman–Crippen MR) is 105 cm³/mol. The van der Waals surface area contributed by atoms with Crippen LogP contribution in [0.5, 0.6) is 0 Å². The number of nitrogens with zero attached hydrogens (tertiary/aromatic N) is 1. The molecule has 0 spiro atoms. The molecule has 0 fully saturated rings. The quantitative estimate of drug-likeness (QED) is 0.449. The third kappa shape index (κ3) is 4.19. The van der Waals surface area contributed by atoms with Crippen LogP contribution in [0.25, 0.3) is 6.08 Å². The van der Waals surface area contributed by atoms with Gasteiger partial charge in [0, 0.05) is 12.6 Å². The van der Waals surface area contributed by atoms with Crippen molar-refractivity contribution in [2.45, 2.75) is 42.3 Å². The molecular weight excluding hydrogens is 501 g/mol. The number of benzene rings is 2. The first-order valence-corrected chi connectivity index (χ1v) is 11.0. The number of alkyl halides is 9. The van der Waals surface area contributed by atoms with E-state index in [-0.39, 0.29) is 16.3 Å². The van der Waals surface area contributed by atoms with Gasteiger partial charge in [-0.25, -0.2) is 8.42 Å². The Labute approximate surface area is 188 Å². The number of sulfonamides is 1. The molecule has 1 aliphatic heterocycles. The van der Waals surface area contributed by atoms with E-state index in [1.54, 1.807) is 36.4 Å². The zero-order valence-corrected chi connectivity index (χ0v) is 17.7.